The van der Waals surface area contributed by atoms with Gasteiger partial charge in [0.25, 0.3) is 0 Å². The SMILES string of the molecule is CC(C)(CO)CO.O=C(O)C=C(C1C=Cc2ccccc21)C1C=Cc2ccccc21. The number of fused-ring (bicyclic) bond motifs is 2. The Balaban J connectivity index is 0.000000318. The zero-order valence-electron chi connectivity index (χ0n) is 17.3. The summed E-state index contributed by atoms with van der Waals surface area (Å²) in [7, 11) is 0. The molecule has 2 aliphatic carbocycles. The molecule has 3 N–H and O–H groups in total. The van der Waals surface area contributed by atoms with E-state index in [9.17, 15) is 9.90 Å². The number of carboxylic acids is 1. The van der Waals surface area contributed by atoms with Crippen LogP contribution in [0.25, 0.3) is 12.2 Å². The van der Waals surface area contributed by atoms with Crippen molar-refractivity contribution in [2.24, 2.45) is 5.41 Å². The number of aliphatic hydroxyl groups excluding tert-OH is 2. The highest BCUT2D eigenvalue weighted by atomic mass is 16.4. The van der Waals surface area contributed by atoms with Crippen molar-refractivity contribution >= 4 is 18.1 Å². The van der Waals surface area contributed by atoms with Gasteiger partial charge in [0.05, 0.1) is 13.2 Å². The minimum absolute atomic E-state index is 0.0168. The lowest BCUT2D eigenvalue weighted by molar-refractivity contribution is -0.131. The third kappa shape index (κ3) is 4.78. The molecule has 0 amide bonds. The number of benzene rings is 2. The fraction of sp³-hybridized carbons (Fsp3) is 0.269. The summed E-state index contributed by atoms with van der Waals surface area (Å²) in [6.07, 6.45) is 9.76. The molecule has 0 fully saturated rings. The van der Waals surface area contributed by atoms with Crippen molar-refractivity contribution < 1.29 is 20.1 Å². The number of aliphatic carboxylic acids is 1. The topological polar surface area (TPSA) is 77.8 Å². The first-order valence-electron chi connectivity index (χ1n) is 10.1. The lowest BCUT2D eigenvalue weighted by atomic mass is 9.81. The number of hydrogen-bond donors (Lipinski definition) is 3. The van der Waals surface area contributed by atoms with Crippen LogP contribution in [-0.2, 0) is 4.79 Å². The molecule has 0 bridgehead atoms. The van der Waals surface area contributed by atoms with Gasteiger partial charge in [-0.05, 0) is 27.8 Å². The number of hydrogen-bond acceptors (Lipinski definition) is 3. The van der Waals surface area contributed by atoms with Gasteiger partial charge >= 0.3 is 5.97 Å². The Hall–Kier alpha value is -2.95. The fourth-order valence-corrected chi connectivity index (χ4v) is 3.65. The summed E-state index contributed by atoms with van der Waals surface area (Å²) >= 11 is 0. The van der Waals surface area contributed by atoms with Gasteiger partial charge < -0.3 is 15.3 Å². The Morgan fingerprint density at radius 3 is 1.67 bits per heavy atom. The van der Waals surface area contributed by atoms with E-state index in [4.69, 9.17) is 10.2 Å². The van der Waals surface area contributed by atoms with Crippen LogP contribution in [0.15, 0.2) is 72.3 Å². The first-order chi connectivity index (χ1) is 14.4. The van der Waals surface area contributed by atoms with Crippen LogP contribution < -0.4 is 0 Å². The van der Waals surface area contributed by atoms with Crippen LogP contribution in [0.1, 0.15) is 47.9 Å². The highest BCUT2D eigenvalue weighted by Gasteiger charge is 2.29. The molecule has 30 heavy (non-hydrogen) atoms. The lowest BCUT2D eigenvalue weighted by Gasteiger charge is -2.21. The highest BCUT2D eigenvalue weighted by Crippen LogP contribution is 2.45. The monoisotopic (exact) mass is 404 g/mol. The molecule has 0 aliphatic heterocycles. The van der Waals surface area contributed by atoms with Crippen LogP contribution >= 0.6 is 0 Å². The second-order valence-corrected chi connectivity index (χ2v) is 8.39. The molecule has 2 aromatic carbocycles. The van der Waals surface area contributed by atoms with E-state index in [1.165, 1.54) is 28.3 Å². The summed E-state index contributed by atoms with van der Waals surface area (Å²) < 4.78 is 0. The molecule has 0 radical (unpaired) electrons. The Morgan fingerprint density at radius 1 is 0.867 bits per heavy atom. The largest absolute Gasteiger partial charge is 0.478 e. The average molecular weight is 405 g/mol. The van der Waals surface area contributed by atoms with E-state index in [1.54, 1.807) is 13.8 Å². The Kier molecular flexibility index (Phi) is 6.70. The molecule has 0 aromatic heterocycles. The number of aliphatic hydroxyl groups is 2. The van der Waals surface area contributed by atoms with E-state index in [-0.39, 0.29) is 30.5 Å². The number of allylic oxidation sites excluding steroid dienone is 3. The highest BCUT2D eigenvalue weighted by molar-refractivity contribution is 5.83. The minimum Gasteiger partial charge on any atom is -0.478 e. The van der Waals surface area contributed by atoms with Crippen LogP contribution in [0.3, 0.4) is 0 Å². The lowest BCUT2D eigenvalue weighted by Crippen LogP contribution is -2.20. The smallest absolute Gasteiger partial charge is 0.328 e. The summed E-state index contributed by atoms with van der Waals surface area (Å²) in [5.41, 5.74) is 5.31. The Labute approximate surface area is 177 Å². The maximum Gasteiger partial charge on any atom is 0.328 e. The van der Waals surface area contributed by atoms with Crippen molar-refractivity contribution in [3.63, 3.8) is 0 Å². The third-order valence-electron chi connectivity index (χ3n) is 5.46. The molecule has 4 heteroatoms. The van der Waals surface area contributed by atoms with Gasteiger partial charge in [0, 0.05) is 23.3 Å². The predicted octanol–water partition coefficient (Wildman–Crippen LogP) is 4.62. The van der Waals surface area contributed by atoms with Crippen molar-refractivity contribution in [2.45, 2.75) is 25.7 Å². The molecule has 156 valence electrons. The van der Waals surface area contributed by atoms with Gasteiger partial charge in [-0.15, -0.1) is 0 Å². The first-order valence-corrected chi connectivity index (χ1v) is 10.1. The molecular formula is C26H28O4. The molecule has 2 aliphatic rings. The molecule has 2 aromatic rings. The molecule has 0 heterocycles. The molecule has 4 rings (SSSR count). The molecule has 4 nitrogen and oxygen atoms in total. The summed E-state index contributed by atoms with van der Waals surface area (Å²) in [6, 6.07) is 16.4. The number of rotatable bonds is 5. The van der Waals surface area contributed by atoms with E-state index < -0.39 is 5.97 Å². The molecule has 0 spiro atoms. The van der Waals surface area contributed by atoms with Crippen LogP contribution in [0.5, 0.6) is 0 Å². The number of carboxylic acid groups (broad SMARTS) is 1. The van der Waals surface area contributed by atoms with E-state index in [2.05, 4.69) is 48.6 Å². The van der Waals surface area contributed by atoms with Crippen LogP contribution in [0.4, 0.5) is 0 Å². The van der Waals surface area contributed by atoms with Gasteiger partial charge in [0.15, 0.2) is 0 Å². The maximum atomic E-state index is 11.4. The summed E-state index contributed by atoms with van der Waals surface area (Å²) in [4.78, 5) is 11.4. The minimum atomic E-state index is -0.893. The van der Waals surface area contributed by atoms with Gasteiger partial charge in [0.1, 0.15) is 0 Å². The predicted molar refractivity (Wildman–Crippen MR) is 120 cm³/mol. The molecule has 0 saturated heterocycles. The molecular weight excluding hydrogens is 376 g/mol. The zero-order chi connectivity index (χ0) is 21.7. The van der Waals surface area contributed by atoms with Gasteiger partial charge in [-0.25, -0.2) is 4.79 Å². The van der Waals surface area contributed by atoms with Crippen molar-refractivity contribution in [3.8, 4) is 0 Å². The van der Waals surface area contributed by atoms with Crippen molar-refractivity contribution in [2.75, 3.05) is 13.2 Å². The third-order valence-corrected chi connectivity index (χ3v) is 5.46. The Bertz CT molecular complexity index is 928. The van der Waals surface area contributed by atoms with Crippen molar-refractivity contribution in [1.29, 1.82) is 0 Å². The fourth-order valence-electron chi connectivity index (χ4n) is 3.65. The van der Waals surface area contributed by atoms with Crippen molar-refractivity contribution in [3.05, 3.63) is 94.6 Å². The quantitative estimate of drug-likeness (QED) is 0.636. The van der Waals surface area contributed by atoms with Crippen LogP contribution in [-0.4, -0.2) is 34.5 Å². The summed E-state index contributed by atoms with van der Waals surface area (Å²) in [5.74, 6) is -0.859. The number of carbonyl (C=O) groups is 1. The molecule has 0 saturated carbocycles. The first kappa shape index (κ1) is 21.8. The van der Waals surface area contributed by atoms with Crippen LogP contribution in [0, 0.1) is 5.41 Å². The van der Waals surface area contributed by atoms with E-state index in [0.29, 0.717) is 0 Å². The maximum absolute atomic E-state index is 11.4. The van der Waals surface area contributed by atoms with Crippen LogP contribution in [0.2, 0.25) is 0 Å². The standard InChI is InChI=1S/C21H16O2.C5H12O2/c22-21(23)13-20(18-11-9-14-5-1-3-7-16(14)18)19-12-10-15-6-2-4-8-17(15)19;1-5(2,3-6)4-7/h1-13,18-19H,(H,22,23);6-7H,3-4H2,1-2H3. The second-order valence-electron chi connectivity index (χ2n) is 8.39. The van der Waals surface area contributed by atoms with Gasteiger partial charge in [-0.2, -0.15) is 0 Å². The second kappa shape index (κ2) is 9.24. The van der Waals surface area contributed by atoms with Crippen molar-refractivity contribution in [1.82, 2.24) is 0 Å². The van der Waals surface area contributed by atoms with Gasteiger partial charge in [-0.3, -0.25) is 0 Å². The van der Waals surface area contributed by atoms with E-state index in [0.717, 1.165) is 5.57 Å². The van der Waals surface area contributed by atoms with Gasteiger partial charge in [-0.1, -0.05) is 86.7 Å². The summed E-state index contributed by atoms with van der Waals surface area (Å²) in [5, 5.41) is 26.2. The zero-order valence-corrected chi connectivity index (χ0v) is 17.3. The van der Waals surface area contributed by atoms with E-state index >= 15 is 0 Å². The van der Waals surface area contributed by atoms with E-state index in [1.807, 2.05) is 24.3 Å². The normalized spacial score (nSPS) is 18.3. The van der Waals surface area contributed by atoms with Gasteiger partial charge in [0.2, 0.25) is 0 Å². The molecule has 2 unspecified atom stereocenters. The Morgan fingerprint density at radius 2 is 1.30 bits per heavy atom. The average Bonchev–Trinajstić information content (AvgIpc) is 3.37. The summed E-state index contributed by atoms with van der Waals surface area (Å²) in [6.45, 7) is 3.69. The molecule has 2 atom stereocenters.